The van der Waals surface area contributed by atoms with Crippen LogP contribution in [0.1, 0.15) is 9.88 Å². The van der Waals surface area contributed by atoms with Crippen LogP contribution in [0, 0.1) is 0 Å². The fourth-order valence-electron chi connectivity index (χ4n) is 2.94. The number of β-lactam (4-membered cyclic amide) rings is 1. The number of nitrogens with one attached hydrogen (secondary N) is 1. The van der Waals surface area contributed by atoms with Crippen molar-refractivity contribution in [3.8, 4) is 0 Å². The quantitative estimate of drug-likeness (QED) is 0.595. The summed E-state index contributed by atoms with van der Waals surface area (Å²) < 4.78 is 0. The molecule has 2 unspecified atom stereocenters. The third kappa shape index (κ3) is 3.19. The summed E-state index contributed by atoms with van der Waals surface area (Å²) in [7, 11) is 0. The van der Waals surface area contributed by atoms with E-state index in [2.05, 4.69) is 15.5 Å². The summed E-state index contributed by atoms with van der Waals surface area (Å²) in [6.45, 7) is 0. The number of thioether (sulfide) groups is 1. The van der Waals surface area contributed by atoms with E-state index in [0.29, 0.717) is 16.3 Å². The van der Waals surface area contributed by atoms with Crippen molar-refractivity contribution in [1.29, 1.82) is 0 Å². The predicted molar refractivity (Wildman–Crippen MR) is 102 cm³/mol. The fourth-order valence-corrected chi connectivity index (χ4v) is 5.73. The number of rotatable bonds is 5. The van der Waals surface area contributed by atoms with Crippen LogP contribution in [0.15, 0.2) is 23.2 Å². The van der Waals surface area contributed by atoms with Gasteiger partial charge in [0.15, 0.2) is 0 Å². The molecule has 140 valence electrons. The third-order valence-electron chi connectivity index (χ3n) is 4.10. The van der Waals surface area contributed by atoms with Crippen molar-refractivity contribution in [3.05, 3.63) is 33.1 Å². The molecule has 2 amide bonds. The van der Waals surface area contributed by atoms with Gasteiger partial charge in [-0.2, -0.15) is 0 Å². The molecule has 4 N–H and O–H groups in total. The number of aromatic nitrogens is 2. The van der Waals surface area contributed by atoms with E-state index in [4.69, 9.17) is 5.73 Å². The SMILES string of the molecule is Nc1nnc(C2=C(C(=O)O)N3C(=O)C(NC(=O)Cc4cccs4)C3SC2)s1. The second-order valence-electron chi connectivity index (χ2n) is 5.79. The van der Waals surface area contributed by atoms with Crippen LogP contribution in [0.4, 0.5) is 5.13 Å². The minimum atomic E-state index is -1.22. The molecule has 9 nitrogen and oxygen atoms in total. The van der Waals surface area contributed by atoms with Crippen molar-refractivity contribution >= 4 is 62.9 Å². The van der Waals surface area contributed by atoms with Crippen LogP contribution < -0.4 is 11.1 Å². The van der Waals surface area contributed by atoms with Crippen LogP contribution >= 0.6 is 34.4 Å². The molecule has 1 saturated heterocycles. The van der Waals surface area contributed by atoms with E-state index in [1.807, 2.05) is 17.5 Å². The second kappa shape index (κ2) is 6.94. The number of carboxylic acid groups (broad SMARTS) is 1. The van der Waals surface area contributed by atoms with E-state index >= 15 is 0 Å². The lowest BCUT2D eigenvalue weighted by Crippen LogP contribution is -2.70. The number of carbonyl (C=O) groups is 3. The van der Waals surface area contributed by atoms with Gasteiger partial charge in [-0.1, -0.05) is 17.4 Å². The highest BCUT2D eigenvalue weighted by Crippen LogP contribution is 2.43. The summed E-state index contributed by atoms with van der Waals surface area (Å²) in [5, 5.41) is 22.0. The van der Waals surface area contributed by atoms with Gasteiger partial charge in [0.2, 0.25) is 11.0 Å². The summed E-state index contributed by atoms with van der Waals surface area (Å²) in [5.41, 5.74) is 5.87. The minimum absolute atomic E-state index is 0.122. The zero-order chi connectivity index (χ0) is 19.1. The van der Waals surface area contributed by atoms with Gasteiger partial charge >= 0.3 is 5.97 Å². The average Bonchev–Trinajstić information content (AvgIpc) is 3.29. The van der Waals surface area contributed by atoms with Crippen molar-refractivity contribution in [3.63, 3.8) is 0 Å². The first-order valence-electron chi connectivity index (χ1n) is 7.78. The van der Waals surface area contributed by atoms with E-state index in [-0.39, 0.29) is 23.2 Å². The molecule has 4 rings (SSSR count). The molecule has 0 radical (unpaired) electrons. The number of thiophene rings is 1. The molecular formula is C15H13N5O4S3. The lowest BCUT2D eigenvalue weighted by molar-refractivity contribution is -0.150. The van der Waals surface area contributed by atoms with E-state index in [9.17, 15) is 19.5 Å². The molecule has 12 heteroatoms. The van der Waals surface area contributed by atoms with E-state index < -0.39 is 23.3 Å². The monoisotopic (exact) mass is 423 g/mol. The fraction of sp³-hybridized carbons (Fsp3) is 0.267. The number of nitrogen functional groups attached to an aromatic ring is 1. The van der Waals surface area contributed by atoms with Crippen LogP contribution in [0.25, 0.3) is 5.57 Å². The Bertz CT molecular complexity index is 955. The van der Waals surface area contributed by atoms with Crippen LogP contribution in [0.5, 0.6) is 0 Å². The van der Waals surface area contributed by atoms with Crippen molar-refractivity contribution in [2.75, 3.05) is 11.5 Å². The summed E-state index contributed by atoms with van der Waals surface area (Å²) >= 11 is 3.91. The Morgan fingerprint density at radius 2 is 2.22 bits per heavy atom. The van der Waals surface area contributed by atoms with Gasteiger partial charge in [0.1, 0.15) is 22.1 Å². The molecule has 0 spiro atoms. The zero-order valence-electron chi connectivity index (χ0n) is 13.6. The lowest BCUT2D eigenvalue weighted by atomic mass is 10.0. The first-order valence-corrected chi connectivity index (χ1v) is 10.5. The van der Waals surface area contributed by atoms with Crippen LogP contribution in [0.2, 0.25) is 0 Å². The molecule has 2 aromatic heterocycles. The number of aliphatic carboxylic acids is 1. The Morgan fingerprint density at radius 1 is 1.41 bits per heavy atom. The van der Waals surface area contributed by atoms with E-state index in [1.165, 1.54) is 28.0 Å². The highest BCUT2D eigenvalue weighted by molar-refractivity contribution is 8.00. The maximum absolute atomic E-state index is 12.6. The summed E-state index contributed by atoms with van der Waals surface area (Å²) in [4.78, 5) is 38.7. The maximum Gasteiger partial charge on any atom is 0.353 e. The number of nitrogens with zero attached hydrogens (tertiary/aromatic N) is 3. The van der Waals surface area contributed by atoms with Gasteiger partial charge in [0.25, 0.3) is 5.91 Å². The van der Waals surface area contributed by atoms with Crippen LogP contribution in [-0.4, -0.2) is 55.2 Å². The van der Waals surface area contributed by atoms with Gasteiger partial charge in [-0.3, -0.25) is 14.5 Å². The van der Waals surface area contributed by atoms with Crippen molar-refractivity contribution in [2.45, 2.75) is 17.8 Å². The smallest absolute Gasteiger partial charge is 0.353 e. The highest BCUT2D eigenvalue weighted by atomic mass is 32.2. The van der Waals surface area contributed by atoms with Gasteiger partial charge in [-0.15, -0.1) is 33.3 Å². The molecule has 1 fully saturated rings. The normalized spacial score (nSPS) is 21.6. The molecule has 2 atom stereocenters. The Morgan fingerprint density at radius 3 is 2.85 bits per heavy atom. The molecule has 27 heavy (non-hydrogen) atoms. The molecule has 0 saturated carbocycles. The molecule has 0 aliphatic carbocycles. The maximum atomic E-state index is 12.6. The molecule has 2 aliphatic heterocycles. The number of hydrogen-bond donors (Lipinski definition) is 3. The number of carbonyl (C=O) groups excluding carboxylic acids is 2. The Kier molecular flexibility index (Phi) is 4.61. The average molecular weight is 424 g/mol. The molecule has 0 bridgehead atoms. The largest absolute Gasteiger partial charge is 0.477 e. The summed E-state index contributed by atoms with van der Waals surface area (Å²) in [6.07, 6.45) is 0.190. The standard InChI is InChI=1S/C15H13N5O4S3/c16-15-19-18-11(27-15)7-5-26-13-9(12(22)20(13)10(7)14(23)24)17-8(21)4-6-2-1-3-25-6/h1-3,9,13H,4-5H2,(H2,16,19)(H,17,21)(H,23,24). The number of hydrogen-bond acceptors (Lipinski definition) is 9. The Balaban J connectivity index is 1.54. The van der Waals surface area contributed by atoms with Crippen LogP contribution in [-0.2, 0) is 20.8 Å². The first kappa shape index (κ1) is 17.9. The second-order valence-corrected chi connectivity index (χ2v) is 8.94. The van der Waals surface area contributed by atoms with Gasteiger partial charge in [0, 0.05) is 16.2 Å². The Labute approximate surface area is 165 Å². The number of fused-ring (bicyclic) bond motifs is 1. The van der Waals surface area contributed by atoms with Crippen molar-refractivity contribution in [1.82, 2.24) is 20.4 Å². The van der Waals surface area contributed by atoms with Crippen molar-refractivity contribution < 1.29 is 19.5 Å². The van der Waals surface area contributed by atoms with Gasteiger partial charge < -0.3 is 16.2 Å². The number of carboxylic acids is 1. The number of amides is 2. The first-order chi connectivity index (χ1) is 13.0. The van der Waals surface area contributed by atoms with Crippen LogP contribution in [0.3, 0.4) is 0 Å². The summed E-state index contributed by atoms with van der Waals surface area (Å²) in [6, 6.07) is 2.96. The van der Waals surface area contributed by atoms with E-state index in [1.54, 1.807) is 0 Å². The molecule has 2 aliphatic rings. The van der Waals surface area contributed by atoms with Gasteiger partial charge in [-0.25, -0.2) is 4.79 Å². The zero-order valence-corrected chi connectivity index (χ0v) is 16.1. The molecule has 0 aromatic carbocycles. The number of nitrogens with two attached hydrogens (primary N) is 1. The number of anilines is 1. The minimum Gasteiger partial charge on any atom is -0.477 e. The molecule has 4 heterocycles. The Hall–Kier alpha value is -2.44. The summed E-state index contributed by atoms with van der Waals surface area (Å²) in [5.74, 6) is -1.60. The topological polar surface area (TPSA) is 139 Å². The third-order valence-corrected chi connectivity index (χ3v) is 7.07. The van der Waals surface area contributed by atoms with E-state index in [0.717, 1.165) is 16.2 Å². The van der Waals surface area contributed by atoms with Gasteiger partial charge in [0.05, 0.1) is 6.42 Å². The lowest BCUT2D eigenvalue weighted by Gasteiger charge is -2.49. The van der Waals surface area contributed by atoms with Crippen molar-refractivity contribution in [2.24, 2.45) is 0 Å². The predicted octanol–water partition coefficient (Wildman–Crippen LogP) is 0.620. The molecular weight excluding hydrogens is 410 g/mol. The van der Waals surface area contributed by atoms with Gasteiger partial charge in [-0.05, 0) is 11.4 Å². The highest BCUT2D eigenvalue weighted by Gasteiger charge is 2.54. The molecule has 2 aromatic rings.